The molecule has 1 rings (SSSR count). The average molecular weight is 259 g/mol. The Morgan fingerprint density at radius 3 is 2.71 bits per heavy atom. The molecule has 1 atom stereocenters. The van der Waals surface area contributed by atoms with Crippen LogP contribution in [0.2, 0.25) is 0 Å². The number of hydrogen-bond acceptors (Lipinski definition) is 4. The number of hydrogen-bond donors (Lipinski definition) is 2. The molecule has 2 N–H and O–H groups in total. The van der Waals surface area contributed by atoms with Gasteiger partial charge in [-0.15, -0.1) is 0 Å². The first kappa shape index (κ1) is 14.8. The van der Waals surface area contributed by atoms with E-state index in [0.717, 1.165) is 26.1 Å². The lowest BCUT2D eigenvalue weighted by Crippen LogP contribution is -2.46. The van der Waals surface area contributed by atoms with Crippen LogP contribution < -0.4 is 10.6 Å². The fraction of sp³-hybridized carbons (Fsp3) is 0.917. The number of thioether (sulfide) groups is 1. The van der Waals surface area contributed by atoms with E-state index in [2.05, 4.69) is 22.5 Å². The average Bonchev–Trinajstić information content (AvgIpc) is 2.37. The molecular weight excluding hydrogens is 234 g/mol. The molecule has 0 aromatic carbocycles. The fourth-order valence-corrected chi connectivity index (χ4v) is 2.74. The monoisotopic (exact) mass is 259 g/mol. The molecule has 0 saturated carbocycles. The molecule has 5 heteroatoms. The maximum atomic E-state index is 11.6. The number of nitrogens with one attached hydrogen (secondary N) is 2. The van der Waals surface area contributed by atoms with Gasteiger partial charge in [-0.05, 0) is 13.3 Å². The Bertz CT molecular complexity index is 220. The van der Waals surface area contributed by atoms with Gasteiger partial charge in [-0.25, -0.2) is 0 Å². The van der Waals surface area contributed by atoms with Crippen molar-refractivity contribution in [2.75, 3.05) is 44.2 Å². The summed E-state index contributed by atoms with van der Waals surface area (Å²) in [5, 5.41) is 6.18. The summed E-state index contributed by atoms with van der Waals surface area (Å²) in [7, 11) is 0. The molecule has 0 aromatic heterocycles. The summed E-state index contributed by atoms with van der Waals surface area (Å²) in [5.74, 6) is 2.60. The first-order valence-corrected chi connectivity index (χ1v) is 7.70. The molecule has 0 bridgehead atoms. The van der Waals surface area contributed by atoms with Crippen LogP contribution in [0.3, 0.4) is 0 Å². The smallest absolute Gasteiger partial charge is 0.236 e. The second-order valence-corrected chi connectivity index (χ2v) is 5.65. The molecule has 1 unspecified atom stereocenters. The highest BCUT2D eigenvalue weighted by Gasteiger charge is 2.13. The Balaban J connectivity index is 2.06. The van der Waals surface area contributed by atoms with Crippen molar-refractivity contribution >= 4 is 17.7 Å². The predicted molar refractivity (Wildman–Crippen MR) is 74.5 cm³/mol. The molecule has 0 aliphatic carbocycles. The van der Waals surface area contributed by atoms with Crippen molar-refractivity contribution in [1.29, 1.82) is 0 Å². The van der Waals surface area contributed by atoms with Crippen molar-refractivity contribution in [1.82, 2.24) is 15.5 Å². The zero-order valence-electron chi connectivity index (χ0n) is 11.0. The van der Waals surface area contributed by atoms with Crippen LogP contribution in [-0.4, -0.2) is 61.1 Å². The van der Waals surface area contributed by atoms with Crippen LogP contribution in [-0.2, 0) is 4.79 Å². The minimum atomic E-state index is -0.0827. The molecule has 17 heavy (non-hydrogen) atoms. The summed E-state index contributed by atoms with van der Waals surface area (Å²) in [6.07, 6.45) is 0.990. The number of carbonyl (C=O) groups is 1. The summed E-state index contributed by atoms with van der Waals surface area (Å²) >= 11 is 2.03. The maximum Gasteiger partial charge on any atom is 0.236 e. The number of amides is 1. The van der Waals surface area contributed by atoms with Crippen LogP contribution in [0.5, 0.6) is 0 Å². The van der Waals surface area contributed by atoms with Gasteiger partial charge < -0.3 is 15.5 Å². The van der Waals surface area contributed by atoms with Gasteiger partial charge in [-0.1, -0.05) is 6.92 Å². The van der Waals surface area contributed by atoms with Gasteiger partial charge in [0.2, 0.25) is 5.91 Å². The second-order valence-electron chi connectivity index (χ2n) is 4.42. The molecule has 1 aliphatic rings. The van der Waals surface area contributed by atoms with Crippen molar-refractivity contribution in [3.63, 3.8) is 0 Å². The highest BCUT2D eigenvalue weighted by Crippen LogP contribution is 2.07. The lowest BCUT2D eigenvalue weighted by molar-refractivity contribution is -0.122. The summed E-state index contributed by atoms with van der Waals surface area (Å²) in [5.41, 5.74) is 0. The van der Waals surface area contributed by atoms with Gasteiger partial charge in [-0.2, -0.15) is 11.8 Å². The van der Waals surface area contributed by atoms with Crippen LogP contribution in [0.15, 0.2) is 0 Å². The molecule has 1 heterocycles. The molecule has 1 aliphatic heterocycles. The molecule has 100 valence electrons. The van der Waals surface area contributed by atoms with Gasteiger partial charge in [0, 0.05) is 44.2 Å². The van der Waals surface area contributed by atoms with Crippen molar-refractivity contribution < 1.29 is 4.79 Å². The largest absolute Gasteiger partial charge is 0.355 e. The highest BCUT2D eigenvalue weighted by molar-refractivity contribution is 7.99. The SMILES string of the molecule is CCCNC(=O)C(C)NCCN1CCSCC1. The van der Waals surface area contributed by atoms with Crippen LogP contribution >= 0.6 is 11.8 Å². The zero-order valence-corrected chi connectivity index (χ0v) is 11.8. The Morgan fingerprint density at radius 2 is 2.06 bits per heavy atom. The Morgan fingerprint density at radius 1 is 1.35 bits per heavy atom. The molecule has 1 fully saturated rings. The third kappa shape index (κ3) is 6.29. The Kier molecular flexibility index (Phi) is 7.64. The van der Waals surface area contributed by atoms with Crippen LogP contribution in [0.1, 0.15) is 20.3 Å². The molecule has 0 radical (unpaired) electrons. The lowest BCUT2D eigenvalue weighted by Gasteiger charge is -2.26. The van der Waals surface area contributed by atoms with E-state index in [1.54, 1.807) is 0 Å². The van der Waals surface area contributed by atoms with E-state index in [1.165, 1.54) is 24.6 Å². The lowest BCUT2D eigenvalue weighted by atomic mass is 10.3. The molecule has 0 aromatic rings. The van der Waals surface area contributed by atoms with E-state index < -0.39 is 0 Å². The van der Waals surface area contributed by atoms with Crippen LogP contribution in [0, 0.1) is 0 Å². The van der Waals surface area contributed by atoms with E-state index in [4.69, 9.17) is 0 Å². The normalized spacial score (nSPS) is 18.9. The predicted octanol–water partition coefficient (Wildman–Crippen LogP) is 0.540. The van der Waals surface area contributed by atoms with Gasteiger partial charge in [-0.3, -0.25) is 4.79 Å². The van der Waals surface area contributed by atoms with E-state index in [-0.39, 0.29) is 11.9 Å². The Labute approximate surface area is 109 Å². The zero-order chi connectivity index (χ0) is 12.5. The number of rotatable bonds is 7. The van der Waals surface area contributed by atoms with E-state index in [9.17, 15) is 4.79 Å². The van der Waals surface area contributed by atoms with Gasteiger partial charge in [0.05, 0.1) is 6.04 Å². The molecule has 1 saturated heterocycles. The van der Waals surface area contributed by atoms with E-state index in [0.29, 0.717) is 0 Å². The third-order valence-electron chi connectivity index (χ3n) is 2.92. The molecule has 1 amide bonds. The Hall–Kier alpha value is -0.260. The number of nitrogens with zero attached hydrogens (tertiary/aromatic N) is 1. The summed E-state index contributed by atoms with van der Waals surface area (Å²) < 4.78 is 0. The van der Waals surface area contributed by atoms with Gasteiger partial charge in [0.1, 0.15) is 0 Å². The first-order valence-electron chi connectivity index (χ1n) is 6.55. The second kappa shape index (κ2) is 8.78. The minimum Gasteiger partial charge on any atom is -0.355 e. The fourth-order valence-electron chi connectivity index (χ4n) is 1.76. The van der Waals surface area contributed by atoms with Crippen molar-refractivity contribution in [2.45, 2.75) is 26.3 Å². The van der Waals surface area contributed by atoms with Gasteiger partial charge in [0.25, 0.3) is 0 Å². The van der Waals surface area contributed by atoms with Gasteiger partial charge >= 0.3 is 0 Å². The summed E-state index contributed by atoms with van der Waals surface area (Å²) in [6.45, 7) is 9.07. The van der Waals surface area contributed by atoms with Crippen molar-refractivity contribution in [3.8, 4) is 0 Å². The third-order valence-corrected chi connectivity index (χ3v) is 3.87. The van der Waals surface area contributed by atoms with Crippen molar-refractivity contribution in [2.24, 2.45) is 0 Å². The van der Waals surface area contributed by atoms with E-state index >= 15 is 0 Å². The maximum absolute atomic E-state index is 11.6. The molecular formula is C12H25N3OS. The number of carbonyl (C=O) groups excluding carboxylic acids is 1. The highest BCUT2D eigenvalue weighted by atomic mass is 32.2. The van der Waals surface area contributed by atoms with E-state index in [1.807, 2.05) is 18.7 Å². The first-order chi connectivity index (χ1) is 8.24. The summed E-state index contributed by atoms with van der Waals surface area (Å²) in [6, 6.07) is -0.0827. The van der Waals surface area contributed by atoms with Crippen LogP contribution in [0.4, 0.5) is 0 Å². The minimum absolute atomic E-state index is 0.0827. The quantitative estimate of drug-likeness (QED) is 0.700. The standard InChI is InChI=1S/C12H25N3OS/c1-3-4-14-12(16)11(2)13-5-6-15-7-9-17-10-8-15/h11,13H,3-10H2,1-2H3,(H,14,16). The topological polar surface area (TPSA) is 44.4 Å². The molecule has 0 spiro atoms. The van der Waals surface area contributed by atoms with Crippen LogP contribution in [0.25, 0.3) is 0 Å². The summed E-state index contributed by atoms with van der Waals surface area (Å²) in [4.78, 5) is 14.1. The van der Waals surface area contributed by atoms with Gasteiger partial charge in [0.15, 0.2) is 0 Å². The van der Waals surface area contributed by atoms with Crippen molar-refractivity contribution in [3.05, 3.63) is 0 Å². The molecule has 4 nitrogen and oxygen atoms in total.